The highest BCUT2D eigenvalue weighted by atomic mass is 35.5. The maximum Gasteiger partial charge on any atom is 0.240 e. The number of hydrogen-bond donors (Lipinski definition) is 1. The van der Waals surface area contributed by atoms with E-state index < -0.39 is 10.0 Å². The summed E-state index contributed by atoms with van der Waals surface area (Å²) in [6.07, 6.45) is 3.36. The highest BCUT2D eigenvalue weighted by molar-refractivity contribution is 7.89. The molecular weight excluding hydrogens is 396 g/mol. The van der Waals surface area contributed by atoms with Crippen molar-refractivity contribution in [1.82, 2.24) is 19.5 Å². The molecule has 0 atom stereocenters. The van der Waals surface area contributed by atoms with Crippen LogP contribution >= 0.6 is 11.6 Å². The molecule has 8 heteroatoms. The van der Waals surface area contributed by atoms with Crippen LogP contribution in [0.4, 0.5) is 0 Å². The van der Waals surface area contributed by atoms with Crippen molar-refractivity contribution in [3.63, 3.8) is 0 Å². The molecular formula is C20H23ClN4O2S. The molecule has 0 saturated heterocycles. The number of nitrogens with zero attached hydrogens (tertiary/aromatic N) is 3. The first-order valence-corrected chi connectivity index (χ1v) is 11.0. The Morgan fingerprint density at radius 3 is 2.36 bits per heavy atom. The Morgan fingerprint density at radius 1 is 1.07 bits per heavy atom. The van der Waals surface area contributed by atoms with Crippen LogP contribution in [0.5, 0.6) is 0 Å². The Hall–Kier alpha value is -2.22. The van der Waals surface area contributed by atoms with Crippen molar-refractivity contribution in [2.75, 3.05) is 5.88 Å². The Morgan fingerprint density at radius 2 is 1.79 bits per heavy atom. The average molecular weight is 419 g/mol. The molecule has 6 nitrogen and oxygen atoms in total. The van der Waals surface area contributed by atoms with Gasteiger partial charge in [0.2, 0.25) is 10.0 Å². The second-order valence-corrected chi connectivity index (χ2v) is 8.77. The summed E-state index contributed by atoms with van der Waals surface area (Å²) in [7, 11) is -3.58. The summed E-state index contributed by atoms with van der Waals surface area (Å²) in [6, 6.07) is 12.5. The van der Waals surface area contributed by atoms with Gasteiger partial charge in [0.25, 0.3) is 0 Å². The molecule has 2 heterocycles. The topological polar surface area (TPSA) is 76.9 Å². The minimum atomic E-state index is -3.58. The van der Waals surface area contributed by atoms with Gasteiger partial charge in [0.1, 0.15) is 0 Å². The van der Waals surface area contributed by atoms with Gasteiger partial charge in [0.05, 0.1) is 10.6 Å². The van der Waals surface area contributed by atoms with Crippen LogP contribution in [0.3, 0.4) is 0 Å². The number of pyridine rings is 1. The van der Waals surface area contributed by atoms with E-state index in [-0.39, 0.29) is 11.4 Å². The number of aromatic nitrogens is 3. The van der Waals surface area contributed by atoms with Gasteiger partial charge in [-0.05, 0) is 62.1 Å². The molecule has 0 aliphatic heterocycles. The third kappa shape index (κ3) is 4.98. The Balaban J connectivity index is 1.65. The fourth-order valence-electron chi connectivity index (χ4n) is 2.88. The first-order valence-electron chi connectivity index (χ1n) is 9.02. The van der Waals surface area contributed by atoms with Crippen LogP contribution in [0.25, 0.3) is 5.82 Å². The van der Waals surface area contributed by atoms with Crippen LogP contribution < -0.4 is 4.72 Å². The van der Waals surface area contributed by atoms with E-state index in [9.17, 15) is 8.42 Å². The van der Waals surface area contributed by atoms with E-state index in [1.54, 1.807) is 23.0 Å². The lowest BCUT2D eigenvalue weighted by molar-refractivity contribution is 0.581. The molecule has 0 aliphatic carbocycles. The highest BCUT2D eigenvalue weighted by Crippen LogP contribution is 2.14. The van der Waals surface area contributed by atoms with Gasteiger partial charge in [0.15, 0.2) is 5.82 Å². The molecule has 28 heavy (non-hydrogen) atoms. The van der Waals surface area contributed by atoms with Gasteiger partial charge in [0, 0.05) is 24.3 Å². The van der Waals surface area contributed by atoms with Gasteiger partial charge >= 0.3 is 0 Å². The molecule has 0 amide bonds. The standard InChI is InChI=1S/C20H23ClN4O2S/c1-15-12-16(2)25(24-15)20-10-7-18(13-22-20)14-23-28(26,27)19-8-5-17(6-9-19)4-3-11-21/h5-10,12-13,23H,3-4,11,14H2,1-2H3. The zero-order chi connectivity index (χ0) is 20.1. The van der Waals surface area contributed by atoms with Crippen LogP contribution in [0, 0.1) is 13.8 Å². The van der Waals surface area contributed by atoms with Crippen molar-refractivity contribution in [3.05, 3.63) is 71.2 Å². The third-order valence-corrected chi connectivity index (χ3v) is 6.02. The Labute approximate surface area is 170 Å². The van der Waals surface area contributed by atoms with Crippen LogP contribution in [-0.2, 0) is 23.0 Å². The van der Waals surface area contributed by atoms with E-state index in [1.807, 2.05) is 44.2 Å². The number of hydrogen-bond acceptors (Lipinski definition) is 4. The zero-order valence-electron chi connectivity index (χ0n) is 15.9. The SMILES string of the molecule is Cc1cc(C)n(-c2ccc(CNS(=O)(=O)c3ccc(CCCCl)cc3)cn2)n1. The number of benzene rings is 1. The van der Waals surface area contributed by atoms with Gasteiger partial charge < -0.3 is 0 Å². The summed E-state index contributed by atoms with van der Waals surface area (Å²) in [4.78, 5) is 4.64. The van der Waals surface area contributed by atoms with Crippen molar-refractivity contribution in [2.45, 2.75) is 38.1 Å². The van der Waals surface area contributed by atoms with Gasteiger partial charge in [-0.3, -0.25) is 0 Å². The fraction of sp³-hybridized carbons (Fsp3) is 0.300. The fourth-order valence-corrected chi connectivity index (χ4v) is 4.03. The van der Waals surface area contributed by atoms with Gasteiger partial charge in [-0.15, -0.1) is 11.6 Å². The molecule has 3 aromatic rings. The van der Waals surface area contributed by atoms with E-state index in [4.69, 9.17) is 11.6 Å². The van der Waals surface area contributed by atoms with E-state index in [0.717, 1.165) is 35.4 Å². The number of sulfonamides is 1. The van der Waals surface area contributed by atoms with Crippen molar-refractivity contribution < 1.29 is 8.42 Å². The molecule has 0 aliphatic rings. The molecule has 0 fully saturated rings. The smallest absolute Gasteiger partial charge is 0.237 e. The van der Waals surface area contributed by atoms with Crippen LogP contribution in [0.1, 0.15) is 28.9 Å². The number of aryl methyl sites for hydroxylation is 3. The molecule has 1 aromatic carbocycles. The summed E-state index contributed by atoms with van der Waals surface area (Å²) >= 11 is 5.69. The maximum atomic E-state index is 12.5. The summed E-state index contributed by atoms with van der Waals surface area (Å²) in [5, 5.41) is 4.40. The molecule has 0 bridgehead atoms. The summed E-state index contributed by atoms with van der Waals surface area (Å²) in [5.74, 6) is 1.29. The molecule has 0 unspecified atom stereocenters. The van der Waals surface area contributed by atoms with Crippen molar-refractivity contribution in [3.8, 4) is 5.82 Å². The number of halogens is 1. The largest absolute Gasteiger partial charge is 0.240 e. The highest BCUT2D eigenvalue weighted by Gasteiger charge is 2.14. The normalized spacial score (nSPS) is 11.7. The average Bonchev–Trinajstić information content (AvgIpc) is 3.03. The van der Waals surface area contributed by atoms with Gasteiger partial charge in [-0.25, -0.2) is 22.8 Å². The predicted octanol–water partition coefficient (Wildman–Crippen LogP) is 3.53. The van der Waals surface area contributed by atoms with Crippen molar-refractivity contribution in [1.29, 1.82) is 0 Å². The van der Waals surface area contributed by atoms with Crippen molar-refractivity contribution >= 4 is 21.6 Å². The molecule has 148 valence electrons. The second kappa shape index (κ2) is 8.86. The molecule has 0 radical (unpaired) electrons. The van der Waals surface area contributed by atoms with Gasteiger partial charge in [-0.1, -0.05) is 18.2 Å². The number of rotatable bonds is 8. The van der Waals surface area contributed by atoms with Crippen LogP contribution in [-0.4, -0.2) is 29.1 Å². The molecule has 3 rings (SSSR count). The van der Waals surface area contributed by atoms with Gasteiger partial charge in [-0.2, -0.15) is 5.10 Å². The lowest BCUT2D eigenvalue weighted by Crippen LogP contribution is -2.23. The monoisotopic (exact) mass is 418 g/mol. The Kier molecular flexibility index (Phi) is 6.49. The van der Waals surface area contributed by atoms with E-state index >= 15 is 0 Å². The quantitative estimate of drug-likeness (QED) is 0.567. The first kappa shape index (κ1) is 20.5. The molecule has 0 spiro atoms. The van der Waals surface area contributed by atoms with Crippen LogP contribution in [0.2, 0.25) is 0 Å². The number of alkyl halides is 1. The second-order valence-electron chi connectivity index (χ2n) is 6.62. The molecule has 0 saturated carbocycles. The van der Waals surface area contributed by atoms with E-state index in [1.165, 1.54) is 0 Å². The zero-order valence-corrected chi connectivity index (χ0v) is 17.5. The third-order valence-electron chi connectivity index (χ3n) is 4.33. The minimum Gasteiger partial charge on any atom is -0.237 e. The summed E-state index contributed by atoms with van der Waals surface area (Å²) in [6.45, 7) is 4.06. The van der Waals surface area contributed by atoms with E-state index in [2.05, 4.69) is 14.8 Å². The van der Waals surface area contributed by atoms with Crippen molar-refractivity contribution in [2.24, 2.45) is 0 Å². The van der Waals surface area contributed by atoms with Crippen LogP contribution in [0.15, 0.2) is 53.6 Å². The first-order chi connectivity index (χ1) is 13.4. The minimum absolute atomic E-state index is 0.167. The van der Waals surface area contributed by atoms with E-state index in [0.29, 0.717) is 11.7 Å². The lowest BCUT2D eigenvalue weighted by Gasteiger charge is -2.09. The Bertz CT molecular complexity index is 1030. The lowest BCUT2D eigenvalue weighted by atomic mass is 10.1. The maximum absolute atomic E-state index is 12.5. The molecule has 1 N–H and O–H groups in total. The number of nitrogens with one attached hydrogen (secondary N) is 1. The predicted molar refractivity (Wildman–Crippen MR) is 110 cm³/mol. The summed E-state index contributed by atoms with van der Waals surface area (Å²) in [5.41, 5.74) is 3.76. The molecule has 2 aromatic heterocycles. The summed E-state index contributed by atoms with van der Waals surface area (Å²) < 4.78 is 29.4.